The molecule has 1 aliphatic carbocycles. The minimum absolute atomic E-state index is 0.253. The molecule has 0 heterocycles. The lowest BCUT2D eigenvalue weighted by atomic mass is 10.2. The fourth-order valence-corrected chi connectivity index (χ4v) is 1.71. The normalized spacial score (nSPS) is 18.1. The molecule has 12 heavy (non-hydrogen) atoms. The maximum atomic E-state index is 11.2. The molecule has 1 fully saturated rings. The first kappa shape index (κ1) is 9.56. The molecule has 1 amide bonds. The van der Waals surface area contributed by atoms with Crippen LogP contribution in [0.15, 0.2) is 0 Å². The summed E-state index contributed by atoms with van der Waals surface area (Å²) in [5, 5.41) is 3.07. The van der Waals surface area contributed by atoms with Gasteiger partial charge in [-0.2, -0.15) is 0 Å². The summed E-state index contributed by atoms with van der Waals surface area (Å²) in [5.74, 6) is 0.253. The SMILES string of the molecule is CCCCC(=O)NC1CCCC1. The first-order chi connectivity index (χ1) is 5.83. The van der Waals surface area contributed by atoms with Crippen LogP contribution >= 0.6 is 0 Å². The van der Waals surface area contributed by atoms with E-state index in [1.807, 2.05) is 0 Å². The highest BCUT2D eigenvalue weighted by Crippen LogP contribution is 2.17. The fourth-order valence-electron chi connectivity index (χ4n) is 1.71. The number of nitrogens with one attached hydrogen (secondary N) is 1. The Labute approximate surface area is 74.7 Å². The van der Waals surface area contributed by atoms with E-state index in [-0.39, 0.29) is 5.91 Å². The third-order valence-electron chi connectivity index (χ3n) is 2.48. The van der Waals surface area contributed by atoms with E-state index in [4.69, 9.17) is 0 Å². The first-order valence-electron chi connectivity index (χ1n) is 5.12. The Morgan fingerprint density at radius 3 is 2.67 bits per heavy atom. The van der Waals surface area contributed by atoms with Crippen molar-refractivity contribution in [1.82, 2.24) is 5.32 Å². The summed E-state index contributed by atoms with van der Waals surface area (Å²) in [5.41, 5.74) is 0. The van der Waals surface area contributed by atoms with Crippen LogP contribution in [-0.2, 0) is 4.79 Å². The summed E-state index contributed by atoms with van der Waals surface area (Å²) in [6.45, 7) is 2.11. The molecule has 0 unspecified atom stereocenters. The van der Waals surface area contributed by atoms with E-state index in [1.165, 1.54) is 25.7 Å². The molecule has 1 saturated carbocycles. The van der Waals surface area contributed by atoms with Gasteiger partial charge in [-0.25, -0.2) is 0 Å². The van der Waals surface area contributed by atoms with Gasteiger partial charge in [0.05, 0.1) is 0 Å². The van der Waals surface area contributed by atoms with E-state index < -0.39 is 0 Å². The third kappa shape index (κ3) is 3.24. The van der Waals surface area contributed by atoms with Gasteiger partial charge >= 0.3 is 0 Å². The molecule has 1 rings (SSSR count). The molecule has 1 N–H and O–H groups in total. The van der Waals surface area contributed by atoms with Crippen LogP contribution in [0, 0.1) is 0 Å². The number of rotatable bonds is 4. The number of unbranched alkanes of at least 4 members (excludes halogenated alkanes) is 1. The molecule has 0 aromatic rings. The smallest absolute Gasteiger partial charge is 0.220 e. The van der Waals surface area contributed by atoms with Crippen molar-refractivity contribution < 1.29 is 4.79 Å². The molecular weight excluding hydrogens is 150 g/mol. The van der Waals surface area contributed by atoms with Gasteiger partial charge in [-0.1, -0.05) is 26.2 Å². The van der Waals surface area contributed by atoms with Gasteiger partial charge in [0.2, 0.25) is 5.91 Å². The van der Waals surface area contributed by atoms with Crippen molar-refractivity contribution in [2.75, 3.05) is 0 Å². The van der Waals surface area contributed by atoms with Gasteiger partial charge < -0.3 is 5.32 Å². The van der Waals surface area contributed by atoms with Crippen molar-refractivity contribution in [2.45, 2.75) is 57.9 Å². The second-order valence-electron chi connectivity index (χ2n) is 3.65. The van der Waals surface area contributed by atoms with Crippen LogP contribution in [0.1, 0.15) is 51.9 Å². The van der Waals surface area contributed by atoms with Crippen molar-refractivity contribution in [1.29, 1.82) is 0 Å². The number of amides is 1. The molecule has 0 aliphatic heterocycles. The molecule has 2 nitrogen and oxygen atoms in total. The summed E-state index contributed by atoms with van der Waals surface area (Å²) < 4.78 is 0. The number of carbonyl (C=O) groups excluding carboxylic acids is 1. The van der Waals surface area contributed by atoms with E-state index in [9.17, 15) is 4.79 Å². The van der Waals surface area contributed by atoms with Crippen LogP contribution in [0.5, 0.6) is 0 Å². The first-order valence-corrected chi connectivity index (χ1v) is 5.12. The molecule has 0 radical (unpaired) electrons. The quantitative estimate of drug-likeness (QED) is 0.687. The topological polar surface area (TPSA) is 29.1 Å². The molecule has 70 valence electrons. The summed E-state index contributed by atoms with van der Waals surface area (Å²) in [4.78, 5) is 11.2. The molecule has 0 spiro atoms. The Balaban J connectivity index is 2.08. The predicted octanol–water partition coefficient (Wildman–Crippen LogP) is 2.24. The second-order valence-corrected chi connectivity index (χ2v) is 3.65. The fraction of sp³-hybridized carbons (Fsp3) is 0.900. The van der Waals surface area contributed by atoms with E-state index in [0.717, 1.165) is 12.8 Å². The van der Waals surface area contributed by atoms with E-state index >= 15 is 0 Å². The van der Waals surface area contributed by atoms with Gasteiger partial charge in [0.15, 0.2) is 0 Å². The molecule has 2 heteroatoms. The molecule has 0 bridgehead atoms. The highest BCUT2D eigenvalue weighted by molar-refractivity contribution is 5.76. The Kier molecular flexibility index (Phi) is 4.12. The summed E-state index contributed by atoms with van der Waals surface area (Å²) in [6.07, 6.45) is 7.82. The van der Waals surface area contributed by atoms with Crippen LogP contribution in [-0.4, -0.2) is 11.9 Å². The average Bonchev–Trinajstić information content (AvgIpc) is 2.53. The maximum absolute atomic E-state index is 11.2. The molecule has 0 atom stereocenters. The molecular formula is C10H19NO. The van der Waals surface area contributed by atoms with Crippen molar-refractivity contribution >= 4 is 5.91 Å². The van der Waals surface area contributed by atoms with Gasteiger partial charge in [-0.05, 0) is 19.3 Å². The lowest BCUT2D eigenvalue weighted by molar-refractivity contribution is -0.121. The lowest BCUT2D eigenvalue weighted by Gasteiger charge is -2.10. The number of carbonyl (C=O) groups is 1. The van der Waals surface area contributed by atoms with E-state index in [2.05, 4.69) is 12.2 Å². The molecule has 0 aromatic carbocycles. The lowest BCUT2D eigenvalue weighted by Crippen LogP contribution is -2.32. The predicted molar refractivity (Wildman–Crippen MR) is 49.9 cm³/mol. The van der Waals surface area contributed by atoms with Gasteiger partial charge in [0.1, 0.15) is 0 Å². The molecule has 0 aromatic heterocycles. The minimum atomic E-state index is 0.253. The van der Waals surface area contributed by atoms with Crippen LogP contribution in [0.2, 0.25) is 0 Å². The Morgan fingerprint density at radius 2 is 2.08 bits per heavy atom. The van der Waals surface area contributed by atoms with Crippen molar-refractivity contribution in [3.8, 4) is 0 Å². The van der Waals surface area contributed by atoms with Gasteiger partial charge in [-0.15, -0.1) is 0 Å². The van der Waals surface area contributed by atoms with E-state index in [1.54, 1.807) is 0 Å². The van der Waals surface area contributed by atoms with Crippen LogP contribution < -0.4 is 5.32 Å². The second kappa shape index (κ2) is 5.18. The standard InChI is InChI=1S/C10H19NO/c1-2-3-8-10(12)11-9-6-4-5-7-9/h9H,2-8H2,1H3,(H,11,12). The van der Waals surface area contributed by atoms with Gasteiger partial charge in [-0.3, -0.25) is 4.79 Å². The van der Waals surface area contributed by atoms with Gasteiger partial charge in [0, 0.05) is 12.5 Å². The van der Waals surface area contributed by atoms with Crippen LogP contribution in [0.3, 0.4) is 0 Å². The Morgan fingerprint density at radius 1 is 1.42 bits per heavy atom. The maximum Gasteiger partial charge on any atom is 0.220 e. The van der Waals surface area contributed by atoms with Crippen LogP contribution in [0.4, 0.5) is 0 Å². The summed E-state index contributed by atoms with van der Waals surface area (Å²) in [6, 6.07) is 0.495. The third-order valence-corrected chi connectivity index (χ3v) is 2.48. The zero-order valence-electron chi connectivity index (χ0n) is 7.94. The zero-order chi connectivity index (χ0) is 8.81. The highest BCUT2D eigenvalue weighted by atomic mass is 16.1. The largest absolute Gasteiger partial charge is 0.353 e. The molecule has 0 saturated heterocycles. The summed E-state index contributed by atoms with van der Waals surface area (Å²) >= 11 is 0. The highest BCUT2D eigenvalue weighted by Gasteiger charge is 2.16. The average molecular weight is 169 g/mol. The van der Waals surface area contributed by atoms with Crippen LogP contribution in [0.25, 0.3) is 0 Å². The Hall–Kier alpha value is -0.530. The Bertz CT molecular complexity index is 139. The molecule has 1 aliphatic rings. The van der Waals surface area contributed by atoms with Crippen molar-refractivity contribution in [3.05, 3.63) is 0 Å². The number of hydrogen-bond acceptors (Lipinski definition) is 1. The van der Waals surface area contributed by atoms with Crippen molar-refractivity contribution in [2.24, 2.45) is 0 Å². The zero-order valence-corrected chi connectivity index (χ0v) is 7.94. The van der Waals surface area contributed by atoms with E-state index in [0.29, 0.717) is 12.5 Å². The minimum Gasteiger partial charge on any atom is -0.353 e. The van der Waals surface area contributed by atoms with Gasteiger partial charge in [0.25, 0.3) is 0 Å². The monoisotopic (exact) mass is 169 g/mol. The van der Waals surface area contributed by atoms with Crippen molar-refractivity contribution in [3.63, 3.8) is 0 Å². The number of hydrogen-bond donors (Lipinski definition) is 1. The summed E-state index contributed by atoms with van der Waals surface area (Å²) in [7, 11) is 0.